The van der Waals surface area contributed by atoms with Crippen LogP contribution in [0.15, 0.2) is 0 Å². The summed E-state index contributed by atoms with van der Waals surface area (Å²) in [4.78, 5) is 23.0. The number of carbonyl (C=O) groups is 2. The molecular formula is C13H22O3. The van der Waals surface area contributed by atoms with Crippen molar-refractivity contribution in [3.63, 3.8) is 0 Å². The van der Waals surface area contributed by atoms with Crippen LogP contribution in [0.2, 0.25) is 0 Å². The second-order valence-electron chi connectivity index (χ2n) is 4.46. The molecule has 0 saturated heterocycles. The van der Waals surface area contributed by atoms with Crippen molar-refractivity contribution in [2.24, 2.45) is 5.92 Å². The van der Waals surface area contributed by atoms with Crippen LogP contribution in [0, 0.1) is 5.92 Å². The average molecular weight is 226 g/mol. The minimum Gasteiger partial charge on any atom is -0.466 e. The van der Waals surface area contributed by atoms with Gasteiger partial charge in [0.2, 0.25) is 0 Å². The first-order valence-electron chi connectivity index (χ1n) is 6.42. The monoisotopic (exact) mass is 226 g/mol. The Hall–Kier alpha value is -0.860. The summed E-state index contributed by atoms with van der Waals surface area (Å²) < 4.78 is 4.81. The highest BCUT2D eigenvalue weighted by Gasteiger charge is 2.20. The van der Waals surface area contributed by atoms with Gasteiger partial charge in [-0.15, -0.1) is 0 Å². The van der Waals surface area contributed by atoms with Crippen LogP contribution in [-0.2, 0) is 14.3 Å². The van der Waals surface area contributed by atoms with Crippen LogP contribution in [0.1, 0.15) is 58.3 Å². The van der Waals surface area contributed by atoms with Crippen molar-refractivity contribution in [1.82, 2.24) is 0 Å². The van der Waals surface area contributed by atoms with Crippen LogP contribution in [0.3, 0.4) is 0 Å². The van der Waals surface area contributed by atoms with E-state index in [9.17, 15) is 9.59 Å². The summed E-state index contributed by atoms with van der Waals surface area (Å²) >= 11 is 0. The van der Waals surface area contributed by atoms with Crippen molar-refractivity contribution in [2.45, 2.75) is 58.3 Å². The van der Waals surface area contributed by atoms with Crippen molar-refractivity contribution in [2.75, 3.05) is 6.61 Å². The van der Waals surface area contributed by atoms with Crippen LogP contribution in [0.25, 0.3) is 0 Å². The molecule has 0 N–H and O–H groups in total. The molecule has 0 radical (unpaired) electrons. The van der Waals surface area contributed by atoms with E-state index in [4.69, 9.17) is 4.74 Å². The maximum atomic E-state index is 11.9. The lowest BCUT2D eigenvalue weighted by Crippen LogP contribution is -2.16. The molecule has 3 heteroatoms. The highest BCUT2D eigenvalue weighted by atomic mass is 16.5. The van der Waals surface area contributed by atoms with Crippen LogP contribution in [-0.4, -0.2) is 18.4 Å². The van der Waals surface area contributed by atoms with Gasteiger partial charge in [-0.05, 0) is 19.8 Å². The third-order valence-corrected chi connectivity index (χ3v) is 3.19. The van der Waals surface area contributed by atoms with E-state index in [0.29, 0.717) is 13.0 Å². The molecule has 16 heavy (non-hydrogen) atoms. The van der Waals surface area contributed by atoms with Crippen LogP contribution >= 0.6 is 0 Å². The minimum absolute atomic E-state index is 0.205. The molecule has 1 saturated carbocycles. The van der Waals surface area contributed by atoms with Gasteiger partial charge in [0, 0.05) is 12.3 Å². The molecular weight excluding hydrogens is 204 g/mol. The smallest absolute Gasteiger partial charge is 0.306 e. The number of hydrogen-bond donors (Lipinski definition) is 0. The first-order valence-corrected chi connectivity index (χ1v) is 6.42. The quantitative estimate of drug-likeness (QED) is 0.535. The van der Waals surface area contributed by atoms with E-state index in [1.807, 2.05) is 0 Å². The maximum Gasteiger partial charge on any atom is 0.306 e. The Kier molecular flexibility index (Phi) is 6.12. The van der Waals surface area contributed by atoms with Gasteiger partial charge < -0.3 is 4.74 Å². The molecule has 3 nitrogen and oxygen atoms in total. The molecule has 0 heterocycles. The number of rotatable bonds is 5. The van der Waals surface area contributed by atoms with Crippen LogP contribution in [0.5, 0.6) is 0 Å². The minimum atomic E-state index is -0.246. The zero-order valence-electron chi connectivity index (χ0n) is 10.2. The Labute approximate surface area is 97.5 Å². The van der Waals surface area contributed by atoms with Gasteiger partial charge in [-0.1, -0.05) is 25.7 Å². The van der Waals surface area contributed by atoms with Gasteiger partial charge in [-0.25, -0.2) is 0 Å². The molecule has 0 aromatic rings. The lowest BCUT2D eigenvalue weighted by Gasteiger charge is -2.11. The predicted molar refractivity (Wildman–Crippen MR) is 62.1 cm³/mol. The van der Waals surface area contributed by atoms with Crippen LogP contribution in [0.4, 0.5) is 0 Å². The van der Waals surface area contributed by atoms with E-state index < -0.39 is 0 Å². The second-order valence-corrected chi connectivity index (χ2v) is 4.46. The summed E-state index contributed by atoms with van der Waals surface area (Å²) in [7, 11) is 0. The van der Waals surface area contributed by atoms with Crippen LogP contribution < -0.4 is 0 Å². The van der Waals surface area contributed by atoms with Crippen molar-refractivity contribution >= 4 is 11.8 Å². The summed E-state index contributed by atoms with van der Waals surface area (Å²) in [6.07, 6.45) is 7.48. The molecule has 1 aliphatic rings. The van der Waals surface area contributed by atoms with Gasteiger partial charge in [-0.3, -0.25) is 9.59 Å². The highest BCUT2D eigenvalue weighted by Crippen LogP contribution is 2.24. The van der Waals surface area contributed by atoms with Gasteiger partial charge in [0.05, 0.1) is 13.0 Å². The van der Waals surface area contributed by atoms with Gasteiger partial charge >= 0.3 is 5.97 Å². The number of esters is 1. The fourth-order valence-corrected chi connectivity index (χ4v) is 2.26. The first-order chi connectivity index (χ1) is 7.74. The number of hydrogen-bond acceptors (Lipinski definition) is 3. The lowest BCUT2D eigenvalue weighted by atomic mass is 9.93. The Morgan fingerprint density at radius 2 is 1.69 bits per heavy atom. The SMILES string of the molecule is CCOC(=O)CCC(=O)C1CCCCCC1. The van der Waals surface area contributed by atoms with E-state index in [1.54, 1.807) is 6.92 Å². The summed E-state index contributed by atoms with van der Waals surface area (Å²) in [5.41, 5.74) is 0. The molecule has 1 rings (SSSR count). The Balaban J connectivity index is 2.25. The maximum absolute atomic E-state index is 11.9. The van der Waals surface area contributed by atoms with E-state index in [0.717, 1.165) is 25.7 Å². The molecule has 0 atom stereocenters. The molecule has 0 aliphatic heterocycles. The van der Waals surface area contributed by atoms with Gasteiger partial charge in [0.25, 0.3) is 0 Å². The fourth-order valence-electron chi connectivity index (χ4n) is 2.26. The Morgan fingerprint density at radius 1 is 1.06 bits per heavy atom. The highest BCUT2D eigenvalue weighted by molar-refractivity contribution is 5.84. The molecule has 0 aromatic carbocycles. The zero-order valence-corrected chi connectivity index (χ0v) is 10.2. The van der Waals surface area contributed by atoms with Crippen molar-refractivity contribution in [1.29, 1.82) is 0 Å². The molecule has 0 amide bonds. The third-order valence-electron chi connectivity index (χ3n) is 3.19. The van der Waals surface area contributed by atoms with Gasteiger partial charge in [0.15, 0.2) is 0 Å². The van der Waals surface area contributed by atoms with Crippen molar-refractivity contribution < 1.29 is 14.3 Å². The fraction of sp³-hybridized carbons (Fsp3) is 0.846. The normalized spacial score (nSPS) is 17.8. The van der Waals surface area contributed by atoms with E-state index in [2.05, 4.69) is 0 Å². The van der Waals surface area contributed by atoms with E-state index in [1.165, 1.54) is 12.8 Å². The van der Waals surface area contributed by atoms with Gasteiger partial charge in [0.1, 0.15) is 5.78 Å². The summed E-state index contributed by atoms with van der Waals surface area (Å²) in [5.74, 6) is 0.219. The first kappa shape index (κ1) is 13.2. The number of carbonyl (C=O) groups excluding carboxylic acids is 2. The molecule has 1 aliphatic carbocycles. The zero-order chi connectivity index (χ0) is 11.8. The lowest BCUT2D eigenvalue weighted by molar-refractivity contribution is -0.144. The Bertz CT molecular complexity index is 227. The van der Waals surface area contributed by atoms with Gasteiger partial charge in [-0.2, -0.15) is 0 Å². The third kappa shape index (κ3) is 4.77. The molecule has 0 unspecified atom stereocenters. The predicted octanol–water partition coefficient (Wildman–Crippen LogP) is 2.87. The summed E-state index contributed by atoms with van der Waals surface area (Å²) in [5, 5.41) is 0. The molecule has 1 fully saturated rings. The summed E-state index contributed by atoms with van der Waals surface area (Å²) in [6.45, 7) is 2.18. The number of Topliss-reactive ketones (excluding diaryl/α,β-unsaturated/α-hetero) is 1. The number of ketones is 1. The van der Waals surface area contributed by atoms with E-state index >= 15 is 0 Å². The Morgan fingerprint density at radius 3 is 2.25 bits per heavy atom. The number of ether oxygens (including phenoxy) is 1. The molecule has 0 spiro atoms. The molecule has 0 aromatic heterocycles. The second kappa shape index (κ2) is 7.42. The molecule has 0 bridgehead atoms. The van der Waals surface area contributed by atoms with Crippen molar-refractivity contribution in [3.8, 4) is 0 Å². The largest absolute Gasteiger partial charge is 0.466 e. The average Bonchev–Trinajstić information content (AvgIpc) is 2.55. The topological polar surface area (TPSA) is 43.4 Å². The molecule has 92 valence electrons. The van der Waals surface area contributed by atoms with E-state index in [-0.39, 0.29) is 24.1 Å². The summed E-state index contributed by atoms with van der Waals surface area (Å²) in [6, 6.07) is 0. The van der Waals surface area contributed by atoms with Crippen molar-refractivity contribution in [3.05, 3.63) is 0 Å². The standard InChI is InChI=1S/C13H22O3/c1-2-16-13(15)10-9-12(14)11-7-5-3-4-6-8-11/h11H,2-10H2,1H3.